The van der Waals surface area contributed by atoms with E-state index in [9.17, 15) is 4.39 Å². The van der Waals surface area contributed by atoms with Crippen molar-refractivity contribution in [2.75, 3.05) is 23.7 Å². The van der Waals surface area contributed by atoms with E-state index in [1.807, 2.05) is 18.7 Å². The fourth-order valence-corrected chi connectivity index (χ4v) is 1.94. The third kappa shape index (κ3) is 2.84. The Morgan fingerprint density at radius 2 is 1.85 bits per heavy atom. The van der Waals surface area contributed by atoms with Crippen molar-refractivity contribution in [3.8, 4) is 11.4 Å². The largest absolute Gasteiger partial charge is 0.368 e. The fraction of sp³-hybridized carbons (Fsp3) is 0.357. The molecule has 0 saturated carbocycles. The van der Waals surface area contributed by atoms with Crippen molar-refractivity contribution >= 4 is 11.9 Å². The molecule has 1 aromatic heterocycles. The predicted octanol–water partition coefficient (Wildman–Crippen LogP) is 2.41. The molecule has 0 aliphatic carbocycles. The summed E-state index contributed by atoms with van der Waals surface area (Å²) >= 11 is 0. The van der Waals surface area contributed by atoms with E-state index in [1.165, 1.54) is 6.07 Å². The molecule has 0 radical (unpaired) electrons. The summed E-state index contributed by atoms with van der Waals surface area (Å²) in [6.07, 6.45) is 0. The number of nitrogens with zero attached hydrogens (tertiary/aromatic N) is 4. The van der Waals surface area contributed by atoms with Crippen LogP contribution in [0.5, 0.6) is 0 Å². The number of benzene rings is 1. The van der Waals surface area contributed by atoms with E-state index in [1.54, 1.807) is 19.1 Å². The van der Waals surface area contributed by atoms with Crippen LogP contribution in [-0.2, 0) is 0 Å². The quantitative estimate of drug-likeness (QED) is 0.928. The molecule has 2 aromatic rings. The SMILES string of the molecule is CCN(CC)c1nc(N)nc(-c2ccc(F)c(C)c2)n1. The first-order chi connectivity index (χ1) is 9.55. The molecule has 0 bridgehead atoms. The topological polar surface area (TPSA) is 67.9 Å². The maximum atomic E-state index is 13.3. The number of nitrogen functional groups attached to an aromatic ring is 1. The van der Waals surface area contributed by atoms with Crippen LogP contribution in [-0.4, -0.2) is 28.0 Å². The summed E-state index contributed by atoms with van der Waals surface area (Å²) in [5.41, 5.74) is 7.02. The van der Waals surface area contributed by atoms with Crippen LogP contribution in [0.15, 0.2) is 18.2 Å². The van der Waals surface area contributed by atoms with Crippen LogP contribution in [0, 0.1) is 12.7 Å². The summed E-state index contributed by atoms with van der Waals surface area (Å²) in [5, 5.41) is 0. The molecule has 0 aliphatic heterocycles. The Hall–Kier alpha value is -2.24. The molecule has 2 N–H and O–H groups in total. The second-order valence-electron chi connectivity index (χ2n) is 4.45. The number of halogens is 1. The fourth-order valence-electron chi connectivity index (χ4n) is 1.94. The highest BCUT2D eigenvalue weighted by atomic mass is 19.1. The minimum atomic E-state index is -0.250. The summed E-state index contributed by atoms with van der Waals surface area (Å²) in [6.45, 7) is 7.30. The molecule has 0 atom stereocenters. The molecule has 0 fully saturated rings. The van der Waals surface area contributed by atoms with Gasteiger partial charge in [0.25, 0.3) is 0 Å². The molecular weight excluding hydrogens is 257 g/mol. The molecule has 0 unspecified atom stereocenters. The van der Waals surface area contributed by atoms with E-state index in [2.05, 4.69) is 15.0 Å². The number of hydrogen-bond donors (Lipinski definition) is 1. The molecule has 106 valence electrons. The monoisotopic (exact) mass is 275 g/mol. The summed E-state index contributed by atoms with van der Waals surface area (Å²) in [5.74, 6) is 0.917. The zero-order valence-electron chi connectivity index (χ0n) is 11.9. The van der Waals surface area contributed by atoms with E-state index in [-0.39, 0.29) is 11.8 Å². The van der Waals surface area contributed by atoms with Gasteiger partial charge in [-0.2, -0.15) is 15.0 Å². The van der Waals surface area contributed by atoms with Crippen molar-refractivity contribution in [2.45, 2.75) is 20.8 Å². The van der Waals surface area contributed by atoms with Gasteiger partial charge in [0.1, 0.15) is 5.82 Å². The Kier molecular flexibility index (Phi) is 4.12. The van der Waals surface area contributed by atoms with Crippen molar-refractivity contribution < 1.29 is 4.39 Å². The van der Waals surface area contributed by atoms with Gasteiger partial charge in [-0.3, -0.25) is 0 Å². The van der Waals surface area contributed by atoms with Gasteiger partial charge in [-0.25, -0.2) is 4.39 Å². The van der Waals surface area contributed by atoms with Crippen LogP contribution >= 0.6 is 0 Å². The standard InChI is InChI=1S/C14H18FN5/c1-4-20(5-2)14-18-12(17-13(16)19-14)10-6-7-11(15)9(3)8-10/h6-8H,4-5H2,1-3H3,(H2,16,17,18,19). The normalized spacial score (nSPS) is 10.6. The van der Waals surface area contributed by atoms with Gasteiger partial charge < -0.3 is 10.6 Å². The lowest BCUT2D eigenvalue weighted by Crippen LogP contribution is -2.25. The zero-order chi connectivity index (χ0) is 14.7. The van der Waals surface area contributed by atoms with E-state index >= 15 is 0 Å². The van der Waals surface area contributed by atoms with Crippen LogP contribution in [0.4, 0.5) is 16.3 Å². The first-order valence-corrected chi connectivity index (χ1v) is 6.58. The number of anilines is 2. The predicted molar refractivity (Wildman–Crippen MR) is 77.9 cm³/mol. The summed E-state index contributed by atoms with van der Waals surface area (Å²) in [7, 11) is 0. The first kappa shape index (κ1) is 14.2. The van der Waals surface area contributed by atoms with Crippen molar-refractivity contribution in [3.63, 3.8) is 0 Å². The van der Waals surface area contributed by atoms with Crippen molar-refractivity contribution in [3.05, 3.63) is 29.6 Å². The van der Waals surface area contributed by atoms with Crippen LogP contribution in [0.25, 0.3) is 11.4 Å². The van der Waals surface area contributed by atoms with Crippen molar-refractivity contribution in [2.24, 2.45) is 0 Å². The Balaban J connectivity index is 2.48. The van der Waals surface area contributed by atoms with Crippen molar-refractivity contribution in [1.29, 1.82) is 0 Å². The van der Waals surface area contributed by atoms with Gasteiger partial charge in [-0.05, 0) is 44.5 Å². The van der Waals surface area contributed by atoms with E-state index in [0.29, 0.717) is 17.3 Å². The highest BCUT2D eigenvalue weighted by Gasteiger charge is 2.11. The molecule has 6 heteroatoms. The Labute approximate surface area is 117 Å². The van der Waals surface area contributed by atoms with Crippen LogP contribution in [0.2, 0.25) is 0 Å². The molecule has 0 aliphatic rings. The molecule has 1 heterocycles. The van der Waals surface area contributed by atoms with Crippen molar-refractivity contribution in [1.82, 2.24) is 15.0 Å². The maximum Gasteiger partial charge on any atom is 0.230 e. The second kappa shape index (κ2) is 5.81. The molecule has 0 spiro atoms. The van der Waals surface area contributed by atoms with Gasteiger partial charge in [0.15, 0.2) is 5.82 Å². The highest BCUT2D eigenvalue weighted by Crippen LogP contribution is 2.21. The second-order valence-corrected chi connectivity index (χ2v) is 4.45. The Morgan fingerprint density at radius 3 is 2.45 bits per heavy atom. The third-order valence-corrected chi connectivity index (χ3v) is 3.10. The number of nitrogens with two attached hydrogens (primary N) is 1. The number of aryl methyl sites for hydroxylation is 1. The molecule has 0 amide bonds. The van der Waals surface area contributed by atoms with Gasteiger partial charge in [-0.15, -0.1) is 0 Å². The summed E-state index contributed by atoms with van der Waals surface area (Å²) < 4.78 is 13.3. The smallest absolute Gasteiger partial charge is 0.230 e. The van der Waals surface area contributed by atoms with Crippen LogP contribution < -0.4 is 10.6 Å². The highest BCUT2D eigenvalue weighted by molar-refractivity contribution is 5.59. The van der Waals surface area contributed by atoms with Gasteiger partial charge in [0, 0.05) is 18.7 Å². The molecule has 0 saturated heterocycles. The van der Waals surface area contributed by atoms with E-state index in [4.69, 9.17) is 5.73 Å². The van der Waals surface area contributed by atoms with Gasteiger partial charge in [0.05, 0.1) is 0 Å². The average Bonchev–Trinajstić information content (AvgIpc) is 2.42. The first-order valence-electron chi connectivity index (χ1n) is 6.58. The van der Waals surface area contributed by atoms with Gasteiger partial charge in [0.2, 0.25) is 11.9 Å². The molecule has 20 heavy (non-hydrogen) atoms. The molecular formula is C14H18FN5. The van der Waals surface area contributed by atoms with Gasteiger partial charge in [-0.1, -0.05) is 0 Å². The number of aromatic nitrogens is 3. The third-order valence-electron chi connectivity index (χ3n) is 3.10. The summed E-state index contributed by atoms with van der Waals surface area (Å²) in [6, 6.07) is 4.75. The molecule has 5 nitrogen and oxygen atoms in total. The van der Waals surface area contributed by atoms with Crippen LogP contribution in [0.3, 0.4) is 0 Å². The lowest BCUT2D eigenvalue weighted by atomic mass is 10.1. The Bertz CT molecular complexity index is 611. The van der Waals surface area contributed by atoms with E-state index < -0.39 is 0 Å². The molecule has 1 aromatic carbocycles. The number of rotatable bonds is 4. The van der Waals surface area contributed by atoms with Gasteiger partial charge >= 0.3 is 0 Å². The lowest BCUT2D eigenvalue weighted by molar-refractivity contribution is 0.618. The Morgan fingerprint density at radius 1 is 1.15 bits per heavy atom. The summed E-state index contributed by atoms with van der Waals surface area (Å²) in [4.78, 5) is 14.7. The van der Waals surface area contributed by atoms with Crippen LogP contribution in [0.1, 0.15) is 19.4 Å². The average molecular weight is 275 g/mol. The maximum absolute atomic E-state index is 13.3. The number of hydrogen-bond acceptors (Lipinski definition) is 5. The van der Waals surface area contributed by atoms with E-state index in [0.717, 1.165) is 18.7 Å². The zero-order valence-corrected chi connectivity index (χ0v) is 11.9. The lowest BCUT2D eigenvalue weighted by Gasteiger charge is -2.18. The minimum absolute atomic E-state index is 0.166. The molecule has 2 rings (SSSR count). The minimum Gasteiger partial charge on any atom is -0.368 e.